The van der Waals surface area contributed by atoms with Crippen molar-refractivity contribution < 1.29 is 0 Å². The summed E-state index contributed by atoms with van der Waals surface area (Å²) in [4.78, 5) is 0. The highest BCUT2D eigenvalue weighted by Crippen LogP contribution is 2.22. The summed E-state index contributed by atoms with van der Waals surface area (Å²) in [5.74, 6) is 0. The summed E-state index contributed by atoms with van der Waals surface area (Å²) in [6.45, 7) is 8.04. The molecule has 1 aromatic rings. The molecule has 0 spiro atoms. The molecule has 0 saturated heterocycles. The van der Waals surface area contributed by atoms with E-state index in [1.807, 2.05) is 0 Å². The first kappa shape index (κ1) is 11.2. The van der Waals surface area contributed by atoms with Gasteiger partial charge >= 0.3 is 0 Å². The van der Waals surface area contributed by atoms with Gasteiger partial charge in [0.05, 0.1) is 0 Å². The minimum absolute atomic E-state index is 0.00468. The average molecular weight is 192 g/mol. The third-order valence-electron chi connectivity index (χ3n) is 2.53. The van der Waals surface area contributed by atoms with Crippen LogP contribution in [0.4, 0.5) is 0 Å². The summed E-state index contributed by atoms with van der Waals surface area (Å²) in [7, 11) is 0. The molecule has 0 aliphatic heterocycles. The Morgan fingerprint density at radius 3 is 2.50 bits per heavy atom. The maximum Gasteiger partial charge on any atom is 0.0380 e. The number of hydrogen-bond donors (Lipinski definition) is 2. The Morgan fingerprint density at radius 2 is 1.93 bits per heavy atom. The topological polar surface area (TPSA) is 38.0 Å². The van der Waals surface area contributed by atoms with Crippen LogP contribution in [0.5, 0.6) is 0 Å². The quantitative estimate of drug-likeness (QED) is 0.763. The fraction of sp³-hybridized carbons (Fsp3) is 0.500. The molecule has 0 unspecified atom stereocenters. The highest BCUT2D eigenvalue weighted by Gasteiger charge is 2.20. The van der Waals surface area contributed by atoms with E-state index in [0.717, 1.165) is 6.54 Å². The zero-order valence-electron chi connectivity index (χ0n) is 9.30. The van der Waals surface area contributed by atoms with Crippen LogP contribution in [0.3, 0.4) is 0 Å². The Bertz CT molecular complexity index is 292. The van der Waals surface area contributed by atoms with E-state index in [1.165, 1.54) is 11.1 Å². The van der Waals surface area contributed by atoms with Crippen molar-refractivity contribution in [2.24, 2.45) is 5.73 Å². The highest BCUT2D eigenvalue weighted by molar-refractivity contribution is 5.31. The van der Waals surface area contributed by atoms with Gasteiger partial charge in [-0.1, -0.05) is 24.3 Å². The van der Waals surface area contributed by atoms with E-state index in [2.05, 4.69) is 50.4 Å². The van der Waals surface area contributed by atoms with E-state index in [9.17, 15) is 0 Å². The monoisotopic (exact) mass is 192 g/mol. The van der Waals surface area contributed by atoms with E-state index in [0.29, 0.717) is 6.54 Å². The van der Waals surface area contributed by atoms with Gasteiger partial charge in [0.25, 0.3) is 0 Å². The largest absolute Gasteiger partial charge is 0.329 e. The normalized spacial score (nSPS) is 11.7. The van der Waals surface area contributed by atoms with Gasteiger partial charge in [-0.2, -0.15) is 0 Å². The van der Waals surface area contributed by atoms with Crippen LogP contribution in [0.1, 0.15) is 25.0 Å². The Morgan fingerprint density at radius 1 is 1.29 bits per heavy atom. The van der Waals surface area contributed by atoms with Crippen LogP contribution in [0, 0.1) is 6.92 Å². The lowest BCUT2D eigenvalue weighted by Gasteiger charge is -2.28. The summed E-state index contributed by atoms with van der Waals surface area (Å²) < 4.78 is 0. The van der Waals surface area contributed by atoms with Gasteiger partial charge in [-0.05, 0) is 31.9 Å². The van der Waals surface area contributed by atoms with Crippen LogP contribution >= 0.6 is 0 Å². The molecule has 0 fully saturated rings. The first-order chi connectivity index (χ1) is 6.58. The third kappa shape index (κ3) is 2.56. The van der Waals surface area contributed by atoms with Crippen molar-refractivity contribution in [2.75, 3.05) is 13.1 Å². The smallest absolute Gasteiger partial charge is 0.0380 e. The molecule has 0 amide bonds. The van der Waals surface area contributed by atoms with Crippen LogP contribution in [0.25, 0.3) is 0 Å². The van der Waals surface area contributed by atoms with Crippen molar-refractivity contribution >= 4 is 0 Å². The summed E-state index contributed by atoms with van der Waals surface area (Å²) >= 11 is 0. The van der Waals surface area contributed by atoms with Gasteiger partial charge < -0.3 is 11.1 Å². The number of nitrogens with one attached hydrogen (secondary N) is 1. The van der Waals surface area contributed by atoms with Gasteiger partial charge in [-0.15, -0.1) is 0 Å². The fourth-order valence-corrected chi connectivity index (χ4v) is 1.75. The zero-order valence-corrected chi connectivity index (χ0v) is 9.30. The van der Waals surface area contributed by atoms with Crippen molar-refractivity contribution in [3.8, 4) is 0 Å². The van der Waals surface area contributed by atoms with Crippen molar-refractivity contribution in [3.05, 3.63) is 35.4 Å². The van der Waals surface area contributed by atoms with Gasteiger partial charge in [0, 0.05) is 18.6 Å². The molecule has 0 aliphatic carbocycles. The third-order valence-corrected chi connectivity index (χ3v) is 2.53. The highest BCUT2D eigenvalue weighted by atomic mass is 15.0. The Kier molecular flexibility index (Phi) is 3.67. The standard InChI is InChI=1S/C12H20N2/c1-10-6-4-5-7-11(10)12(2,3)14-9-8-13/h4-7,14H,8-9,13H2,1-3H3. The number of aryl methyl sites for hydroxylation is 1. The molecular formula is C12H20N2. The SMILES string of the molecule is Cc1ccccc1C(C)(C)NCCN. The lowest BCUT2D eigenvalue weighted by Crippen LogP contribution is -2.40. The van der Waals surface area contributed by atoms with Crippen LogP contribution in [0.15, 0.2) is 24.3 Å². The molecule has 78 valence electrons. The second-order valence-corrected chi connectivity index (χ2v) is 4.16. The Labute approximate surface area is 86.5 Å². The molecule has 0 aromatic heterocycles. The van der Waals surface area contributed by atoms with E-state index < -0.39 is 0 Å². The Balaban J connectivity index is 2.86. The molecule has 0 aliphatic rings. The summed E-state index contributed by atoms with van der Waals surface area (Å²) in [5.41, 5.74) is 8.16. The van der Waals surface area contributed by atoms with Gasteiger partial charge in [0.2, 0.25) is 0 Å². The van der Waals surface area contributed by atoms with Crippen molar-refractivity contribution in [1.82, 2.24) is 5.32 Å². The zero-order chi connectivity index (χ0) is 10.6. The Hall–Kier alpha value is -0.860. The van der Waals surface area contributed by atoms with Crippen molar-refractivity contribution in [2.45, 2.75) is 26.3 Å². The predicted octanol–water partition coefficient (Wildman–Crippen LogP) is 1.78. The number of rotatable bonds is 4. The van der Waals surface area contributed by atoms with Crippen LogP contribution in [0.2, 0.25) is 0 Å². The molecule has 3 N–H and O–H groups in total. The van der Waals surface area contributed by atoms with E-state index in [-0.39, 0.29) is 5.54 Å². The molecule has 0 radical (unpaired) electrons. The minimum Gasteiger partial charge on any atom is -0.329 e. The molecule has 0 saturated carbocycles. The maximum absolute atomic E-state index is 5.49. The van der Waals surface area contributed by atoms with Crippen molar-refractivity contribution in [3.63, 3.8) is 0 Å². The molecule has 1 rings (SSSR count). The van der Waals surface area contributed by atoms with Gasteiger partial charge in [-0.25, -0.2) is 0 Å². The lowest BCUT2D eigenvalue weighted by molar-refractivity contribution is 0.408. The minimum atomic E-state index is 0.00468. The van der Waals surface area contributed by atoms with Gasteiger partial charge in [0.1, 0.15) is 0 Å². The molecule has 2 nitrogen and oxygen atoms in total. The molecular weight excluding hydrogens is 172 g/mol. The maximum atomic E-state index is 5.49. The first-order valence-electron chi connectivity index (χ1n) is 5.09. The molecule has 0 heterocycles. The predicted molar refractivity (Wildman–Crippen MR) is 61.3 cm³/mol. The van der Waals surface area contributed by atoms with Gasteiger partial charge in [-0.3, -0.25) is 0 Å². The molecule has 0 atom stereocenters. The fourth-order valence-electron chi connectivity index (χ4n) is 1.75. The van der Waals surface area contributed by atoms with Crippen LogP contribution in [-0.2, 0) is 5.54 Å². The second-order valence-electron chi connectivity index (χ2n) is 4.16. The summed E-state index contributed by atoms with van der Waals surface area (Å²) in [5, 5.41) is 3.44. The average Bonchev–Trinajstić information content (AvgIpc) is 2.15. The molecule has 1 aromatic carbocycles. The molecule has 14 heavy (non-hydrogen) atoms. The number of hydrogen-bond acceptors (Lipinski definition) is 2. The molecule has 2 heteroatoms. The summed E-state index contributed by atoms with van der Waals surface area (Å²) in [6, 6.07) is 8.45. The van der Waals surface area contributed by atoms with Crippen LogP contribution < -0.4 is 11.1 Å². The van der Waals surface area contributed by atoms with E-state index >= 15 is 0 Å². The molecule has 0 bridgehead atoms. The van der Waals surface area contributed by atoms with Crippen molar-refractivity contribution in [1.29, 1.82) is 0 Å². The van der Waals surface area contributed by atoms with E-state index in [1.54, 1.807) is 0 Å². The van der Waals surface area contributed by atoms with E-state index in [4.69, 9.17) is 5.73 Å². The second kappa shape index (κ2) is 4.58. The number of benzene rings is 1. The number of nitrogens with two attached hydrogens (primary N) is 1. The van der Waals surface area contributed by atoms with Gasteiger partial charge in [0.15, 0.2) is 0 Å². The first-order valence-corrected chi connectivity index (χ1v) is 5.09. The summed E-state index contributed by atoms with van der Waals surface area (Å²) in [6.07, 6.45) is 0. The lowest BCUT2D eigenvalue weighted by atomic mass is 9.90. The van der Waals surface area contributed by atoms with Crippen LogP contribution in [-0.4, -0.2) is 13.1 Å².